The monoisotopic (exact) mass is 264 g/mol. The summed E-state index contributed by atoms with van der Waals surface area (Å²) in [7, 11) is 0. The fourth-order valence-electron chi connectivity index (χ4n) is 2.72. The highest BCUT2D eigenvalue weighted by atomic mass is 16.2. The van der Waals surface area contributed by atoms with E-state index in [0.717, 1.165) is 30.7 Å². The molecule has 0 radical (unpaired) electrons. The molecule has 0 bridgehead atoms. The lowest BCUT2D eigenvalue weighted by molar-refractivity contribution is -0.125. The van der Waals surface area contributed by atoms with E-state index in [9.17, 15) is 4.79 Å². The first-order chi connectivity index (χ1) is 9.14. The first-order valence-electron chi connectivity index (χ1n) is 7.20. The summed E-state index contributed by atoms with van der Waals surface area (Å²) in [6.45, 7) is 7.08. The summed E-state index contributed by atoms with van der Waals surface area (Å²) in [6.07, 6.45) is 5.25. The van der Waals surface area contributed by atoms with E-state index in [1.165, 1.54) is 0 Å². The van der Waals surface area contributed by atoms with E-state index in [-0.39, 0.29) is 17.5 Å². The van der Waals surface area contributed by atoms with Crippen LogP contribution in [0.1, 0.15) is 51.4 Å². The van der Waals surface area contributed by atoms with Gasteiger partial charge in [-0.25, -0.2) is 4.98 Å². The van der Waals surface area contributed by atoms with E-state index in [2.05, 4.69) is 41.4 Å². The Kier molecular flexibility index (Phi) is 4.24. The molecule has 2 rings (SSSR count). The predicted octanol–water partition coefficient (Wildman–Crippen LogP) is 1.51. The highest BCUT2D eigenvalue weighted by molar-refractivity contribution is 5.83. The third-order valence-corrected chi connectivity index (χ3v) is 4.47. The smallest absolute Gasteiger partial charge is 0.237 e. The molecule has 3 N–H and O–H groups in total. The number of nitrogens with zero attached hydrogens (tertiary/aromatic N) is 1. The molecule has 1 amide bonds. The summed E-state index contributed by atoms with van der Waals surface area (Å²) in [6, 6.07) is -0.167. The van der Waals surface area contributed by atoms with Gasteiger partial charge in [-0.05, 0) is 19.3 Å². The van der Waals surface area contributed by atoms with Gasteiger partial charge in [0.25, 0.3) is 0 Å². The second-order valence-electron chi connectivity index (χ2n) is 5.30. The van der Waals surface area contributed by atoms with Crippen LogP contribution in [0.3, 0.4) is 0 Å². The Balaban J connectivity index is 2.01. The molecular weight excluding hydrogens is 240 g/mol. The molecule has 2 heterocycles. The van der Waals surface area contributed by atoms with Gasteiger partial charge in [-0.2, -0.15) is 0 Å². The van der Waals surface area contributed by atoms with Crippen molar-refractivity contribution >= 4 is 5.91 Å². The molecule has 0 aliphatic carbocycles. The molecule has 19 heavy (non-hydrogen) atoms. The molecule has 106 valence electrons. The summed E-state index contributed by atoms with van der Waals surface area (Å²) in [4.78, 5) is 19.8. The molecule has 1 unspecified atom stereocenters. The lowest BCUT2D eigenvalue weighted by Crippen LogP contribution is -2.55. The summed E-state index contributed by atoms with van der Waals surface area (Å²) < 4.78 is 0. The van der Waals surface area contributed by atoms with Crippen molar-refractivity contribution in [1.29, 1.82) is 0 Å². The average Bonchev–Trinajstić information content (AvgIpc) is 2.92. The number of imidazole rings is 1. The average molecular weight is 264 g/mol. The maximum atomic E-state index is 12.4. The maximum absolute atomic E-state index is 12.4. The fraction of sp³-hybridized carbons (Fsp3) is 0.714. The molecule has 0 spiro atoms. The van der Waals surface area contributed by atoms with Gasteiger partial charge in [0.1, 0.15) is 0 Å². The van der Waals surface area contributed by atoms with E-state index in [4.69, 9.17) is 0 Å². The number of aromatic amines is 1. The number of rotatable bonds is 5. The molecule has 1 atom stereocenters. The van der Waals surface area contributed by atoms with Gasteiger partial charge in [-0.3, -0.25) is 10.1 Å². The zero-order valence-corrected chi connectivity index (χ0v) is 12.0. The van der Waals surface area contributed by atoms with Gasteiger partial charge in [0.2, 0.25) is 5.91 Å². The van der Waals surface area contributed by atoms with Gasteiger partial charge in [-0.1, -0.05) is 20.8 Å². The fourth-order valence-corrected chi connectivity index (χ4v) is 2.72. The van der Waals surface area contributed by atoms with Crippen molar-refractivity contribution in [3.8, 4) is 0 Å². The molecule has 0 saturated carbocycles. The van der Waals surface area contributed by atoms with Crippen LogP contribution in [0.15, 0.2) is 6.33 Å². The van der Waals surface area contributed by atoms with Crippen LogP contribution in [0.5, 0.6) is 0 Å². The van der Waals surface area contributed by atoms with Gasteiger partial charge in [0.05, 0.1) is 23.8 Å². The topological polar surface area (TPSA) is 69.8 Å². The van der Waals surface area contributed by atoms with Crippen LogP contribution in [-0.4, -0.2) is 27.5 Å². The SMILES string of the molecule is CCC(CC)(CC)NC(=O)C1Cc2nc[nH]c2CN1. The minimum atomic E-state index is -0.167. The van der Waals surface area contributed by atoms with Gasteiger partial charge in [0.15, 0.2) is 0 Å². The van der Waals surface area contributed by atoms with Crippen molar-refractivity contribution in [1.82, 2.24) is 20.6 Å². The molecule has 0 fully saturated rings. The number of fused-ring (bicyclic) bond motifs is 1. The number of hydrogen-bond donors (Lipinski definition) is 3. The van der Waals surface area contributed by atoms with Crippen LogP contribution in [0, 0.1) is 0 Å². The van der Waals surface area contributed by atoms with Gasteiger partial charge < -0.3 is 10.3 Å². The van der Waals surface area contributed by atoms with Gasteiger partial charge in [-0.15, -0.1) is 0 Å². The Bertz CT molecular complexity index is 428. The van der Waals surface area contributed by atoms with E-state index in [0.29, 0.717) is 13.0 Å². The second-order valence-corrected chi connectivity index (χ2v) is 5.30. The van der Waals surface area contributed by atoms with Crippen LogP contribution in [-0.2, 0) is 17.8 Å². The Hall–Kier alpha value is -1.36. The molecule has 1 aliphatic rings. The predicted molar refractivity (Wildman–Crippen MR) is 74.7 cm³/mol. The minimum absolute atomic E-state index is 0.0649. The van der Waals surface area contributed by atoms with Crippen molar-refractivity contribution in [2.24, 2.45) is 0 Å². The number of aromatic nitrogens is 2. The third kappa shape index (κ3) is 2.81. The number of amides is 1. The number of carbonyl (C=O) groups is 1. The molecule has 1 aliphatic heterocycles. The lowest BCUT2D eigenvalue weighted by Gasteiger charge is -2.34. The second kappa shape index (κ2) is 5.74. The minimum Gasteiger partial charge on any atom is -0.349 e. The number of nitrogens with one attached hydrogen (secondary N) is 3. The van der Waals surface area contributed by atoms with Crippen LogP contribution >= 0.6 is 0 Å². The molecule has 5 heteroatoms. The Morgan fingerprint density at radius 3 is 2.74 bits per heavy atom. The Morgan fingerprint density at radius 2 is 2.11 bits per heavy atom. The maximum Gasteiger partial charge on any atom is 0.237 e. The summed E-state index contributed by atoms with van der Waals surface area (Å²) in [5.41, 5.74) is 2.04. The quantitative estimate of drug-likeness (QED) is 0.755. The van der Waals surface area contributed by atoms with Crippen LogP contribution in [0.4, 0.5) is 0 Å². The number of carbonyl (C=O) groups excluding carboxylic acids is 1. The van der Waals surface area contributed by atoms with Crippen molar-refractivity contribution in [2.75, 3.05) is 0 Å². The van der Waals surface area contributed by atoms with Crippen LogP contribution in [0.2, 0.25) is 0 Å². The Labute approximate surface area is 114 Å². The zero-order valence-electron chi connectivity index (χ0n) is 12.0. The van der Waals surface area contributed by atoms with Crippen molar-refractivity contribution in [3.63, 3.8) is 0 Å². The van der Waals surface area contributed by atoms with E-state index in [1.807, 2.05) is 0 Å². The molecule has 0 saturated heterocycles. The van der Waals surface area contributed by atoms with Crippen LogP contribution < -0.4 is 10.6 Å². The van der Waals surface area contributed by atoms with Crippen LogP contribution in [0.25, 0.3) is 0 Å². The highest BCUT2D eigenvalue weighted by Gasteiger charge is 2.31. The van der Waals surface area contributed by atoms with Gasteiger partial charge >= 0.3 is 0 Å². The summed E-state index contributed by atoms with van der Waals surface area (Å²) in [5, 5.41) is 6.51. The summed E-state index contributed by atoms with van der Waals surface area (Å²) >= 11 is 0. The number of H-pyrrole nitrogens is 1. The largest absolute Gasteiger partial charge is 0.349 e. The van der Waals surface area contributed by atoms with E-state index in [1.54, 1.807) is 6.33 Å². The normalized spacial score (nSPS) is 19.0. The molecule has 1 aromatic rings. The Morgan fingerprint density at radius 1 is 1.42 bits per heavy atom. The lowest BCUT2D eigenvalue weighted by atomic mass is 9.89. The van der Waals surface area contributed by atoms with E-state index >= 15 is 0 Å². The molecule has 0 aromatic carbocycles. The van der Waals surface area contributed by atoms with Crippen molar-refractivity contribution in [2.45, 2.75) is 64.6 Å². The van der Waals surface area contributed by atoms with Crippen molar-refractivity contribution in [3.05, 3.63) is 17.7 Å². The number of hydrogen-bond acceptors (Lipinski definition) is 3. The molecular formula is C14H24N4O. The van der Waals surface area contributed by atoms with Crippen molar-refractivity contribution < 1.29 is 4.79 Å². The first kappa shape index (κ1) is 14.1. The third-order valence-electron chi connectivity index (χ3n) is 4.47. The summed E-state index contributed by atoms with van der Waals surface area (Å²) in [5.74, 6) is 0.0965. The first-order valence-corrected chi connectivity index (χ1v) is 7.20. The molecule has 1 aromatic heterocycles. The van der Waals surface area contributed by atoms with Gasteiger partial charge in [0, 0.05) is 18.5 Å². The standard InChI is InChI=1S/C14H24N4O/c1-4-14(5-2,6-3)18-13(19)11-7-10-12(8-15-11)17-9-16-10/h9,11,15H,4-8H2,1-3H3,(H,16,17)(H,18,19). The molecule has 5 nitrogen and oxygen atoms in total. The highest BCUT2D eigenvalue weighted by Crippen LogP contribution is 2.20. The zero-order chi connectivity index (χ0) is 13.9. The van der Waals surface area contributed by atoms with E-state index < -0.39 is 0 Å².